The molecule has 0 heterocycles. The third-order valence-corrected chi connectivity index (χ3v) is 6.71. The largest absolute Gasteiger partial charge is 0.481 e. The zero-order chi connectivity index (χ0) is 39.6. The molecule has 54 heavy (non-hydrogen) atoms. The fraction of sp³-hybridized carbons (Fsp3) is 0.610. The van der Waals surface area contributed by atoms with Crippen LogP contribution in [0, 0.1) is 0 Å². The van der Waals surface area contributed by atoms with E-state index in [0.29, 0.717) is 5.57 Å². The predicted molar refractivity (Wildman–Crippen MR) is 209 cm³/mol. The van der Waals surface area contributed by atoms with Crippen LogP contribution in [0.5, 0.6) is 0 Å². The van der Waals surface area contributed by atoms with Gasteiger partial charge in [0.1, 0.15) is 32.0 Å². The second-order valence-corrected chi connectivity index (χ2v) is 11.8. The number of carboxylic acid groups (broad SMARTS) is 1. The molecule has 0 saturated carbocycles. The van der Waals surface area contributed by atoms with Gasteiger partial charge in [0.25, 0.3) is 0 Å². The Labute approximate surface area is 323 Å². The lowest BCUT2D eigenvalue weighted by molar-refractivity contribution is -0.155. The van der Waals surface area contributed by atoms with Crippen molar-refractivity contribution >= 4 is 35.8 Å². The first-order valence-corrected chi connectivity index (χ1v) is 17.7. The topological polar surface area (TPSA) is 189 Å². The van der Waals surface area contributed by atoms with Crippen molar-refractivity contribution in [2.24, 2.45) is 0 Å². The van der Waals surface area contributed by atoms with Crippen molar-refractivity contribution < 1.29 is 62.7 Å². The van der Waals surface area contributed by atoms with Gasteiger partial charge in [-0.1, -0.05) is 58.4 Å². The van der Waals surface area contributed by atoms with Gasteiger partial charge in [-0.2, -0.15) is 0 Å². The third kappa shape index (κ3) is 37.2. The summed E-state index contributed by atoms with van der Waals surface area (Å²) >= 11 is 0. The van der Waals surface area contributed by atoms with E-state index < -0.39 is 29.8 Å². The molecule has 0 aromatic rings. The standard InChI is InChI=1S/C18H26O6.C12H18O4.C6H10O3.C3H6.2CH4/c1-14(2)18(21)23-13-12-22-16(19)10-11-17(20)24-15-8-6-4-3-5-7-9-15;13-11(14)8-9-12(15)16-10-6-4-2-1-3-5-7-10;1-5(2)6(8)9-4-3-7;1-3-2;;/h3-4,15H,1,5-13H2,2H3;1-2,10H,3-9H2,(H,13,14);7H,1,3-4H2,2H3;3H,1H2,2H3;2*1H4/b4-3-;2-1-;;;;. The minimum Gasteiger partial charge on any atom is -0.481 e. The van der Waals surface area contributed by atoms with Crippen molar-refractivity contribution in [3.8, 4) is 0 Å². The summed E-state index contributed by atoms with van der Waals surface area (Å²) in [5.41, 5.74) is 0.636. The highest BCUT2D eigenvalue weighted by atomic mass is 16.6. The fourth-order valence-corrected chi connectivity index (χ4v) is 4.14. The number of esters is 5. The number of ether oxygens (including phenoxy) is 5. The van der Waals surface area contributed by atoms with E-state index in [0.717, 1.165) is 64.2 Å². The Balaban J connectivity index is -0.000000360. The second kappa shape index (κ2) is 38.2. The van der Waals surface area contributed by atoms with Crippen molar-refractivity contribution in [1.29, 1.82) is 0 Å². The van der Waals surface area contributed by atoms with Gasteiger partial charge in [0.15, 0.2) is 0 Å². The number of allylic oxidation sites excluding steroid dienone is 5. The number of hydrogen-bond donors (Lipinski definition) is 2. The Bertz CT molecular complexity index is 1170. The Morgan fingerprint density at radius 3 is 1.41 bits per heavy atom. The molecule has 0 aromatic heterocycles. The monoisotopic (exact) mass is 768 g/mol. The van der Waals surface area contributed by atoms with E-state index in [1.54, 1.807) is 13.0 Å². The highest BCUT2D eigenvalue weighted by Crippen LogP contribution is 2.17. The lowest BCUT2D eigenvalue weighted by atomic mass is 10.0. The van der Waals surface area contributed by atoms with Crippen LogP contribution in [0.15, 0.2) is 61.3 Å². The highest BCUT2D eigenvalue weighted by molar-refractivity contribution is 5.87. The van der Waals surface area contributed by atoms with Gasteiger partial charge in [0.05, 0.1) is 32.3 Å². The van der Waals surface area contributed by atoms with Gasteiger partial charge in [-0.15, -0.1) is 6.58 Å². The van der Waals surface area contributed by atoms with Gasteiger partial charge in [-0.3, -0.25) is 19.2 Å². The van der Waals surface area contributed by atoms with E-state index in [4.69, 9.17) is 29.2 Å². The molecular formula is C41H68O13. The van der Waals surface area contributed by atoms with Crippen LogP contribution in [0.4, 0.5) is 0 Å². The van der Waals surface area contributed by atoms with E-state index in [2.05, 4.69) is 48.8 Å². The average molecular weight is 769 g/mol. The number of carbonyl (C=O) groups is 6. The molecule has 13 heteroatoms. The lowest BCUT2D eigenvalue weighted by Crippen LogP contribution is -2.20. The van der Waals surface area contributed by atoms with E-state index in [1.807, 2.05) is 6.92 Å². The molecule has 0 aliphatic heterocycles. The van der Waals surface area contributed by atoms with Gasteiger partial charge in [-0.05, 0) is 85.0 Å². The van der Waals surface area contributed by atoms with Crippen LogP contribution < -0.4 is 0 Å². The Morgan fingerprint density at radius 1 is 0.630 bits per heavy atom. The predicted octanol–water partition coefficient (Wildman–Crippen LogP) is 7.71. The second-order valence-electron chi connectivity index (χ2n) is 11.8. The number of aliphatic hydroxyl groups is 1. The SMILES string of the molecule is C.C.C=C(C)C(=O)OCCO.C=C(C)C(=O)OCCOC(=O)CCC(=O)OC1CC/C=C\CCC1.C=CC.O=C(O)CCC(=O)OC1CC/C=C\CCC1. The summed E-state index contributed by atoms with van der Waals surface area (Å²) in [4.78, 5) is 66.5. The summed E-state index contributed by atoms with van der Waals surface area (Å²) < 4.78 is 24.8. The first-order valence-electron chi connectivity index (χ1n) is 17.7. The molecule has 0 bridgehead atoms. The van der Waals surface area contributed by atoms with Crippen LogP contribution in [0.2, 0.25) is 0 Å². The van der Waals surface area contributed by atoms with Gasteiger partial charge in [-0.25, -0.2) is 9.59 Å². The maximum absolute atomic E-state index is 11.8. The molecule has 310 valence electrons. The molecule has 2 aliphatic carbocycles. The maximum atomic E-state index is 11.8. The summed E-state index contributed by atoms with van der Waals surface area (Å²) in [6.07, 6.45) is 19.2. The normalized spacial score (nSPS) is 16.7. The molecule has 0 saturated heterocycles. The van der Waals surface area contributed by atoms with Crippen molar-refractivity contribution in [2.75, 3.05) is 26.4 Å². The number of hydrogen-bond acceptors (Lipinski definition) is 12. The van der Waals surface area contributed by atoms with Crippen LogP contribution >= 0.6 is 0 Å². The Kier molecular flexibility index (Phi) is 39.8. The van der Waals surface area contributed by atoms with Crippen molar-refractivity contribution in [2.45, 2.75) is 138 Å². The average Bonchev–Trinajstić information content (AvgIpc) is 3.06. The Hall–Kier alpha value is -4.52. The molecule has 2 atom stereocenters. The van der Waals surface area contributed by atoms with E-state index in [9.17, 15) is 28.8 Å². The van der Waals surface area contributed by atoms with Gasteiger partial charge in [0, 0.05) is 11.1 Å². The summed E-state index contributed by atoms with van der Waals surface area (Å²) in [5.74, 6) is -3.23. The molecular weight excluding hydrogens is 700 g/mol. The molecule has 0 spiro atoms. The number of aliphatic carboxylic acids is 1. The quantitative estimate of drug-likeness (QED) is 0.0542. The molecule has 2 unspecified atom stereocenters. The van der Waals surface area contributed by atoms with Gasteiger partial charge in [0.2, 0.25) is 0 Å². The van der Waals surface area contributed by atoms with E-state index in [-0.39, 0.29) is 90.7 Å². The molecule has 0 amide bonds. The van der Waals surface area contributed by atoms with Gasteiger partial charge >= 0.3 is 35.8 Å². The van der Waals surface area contributed by atoms with E-state index in [1.165, 1.54) is 6.92 Å². The van der Waals surface area contributed by atoms with Crippen LogP contribution in [-0.2, 0) is 52.5 Å². The Morgan fingerprint density at radius 2 is 1.00 bits per heavy atom. The molecule has 2 aliphatic rings. The maximum Gasteiger partial charge on any atom is 0.333 e. The number of carboxylic acids is 1. The summed E-state index contributed by atoms with van der Waals surface area (Å²) in [5, 5.41) is 16.6. The molecule has 0 aromatic carbocycles. The van der Waals surface area contributed by atoms with Crippen molar-refractivity contribution in [3.63, 3.8) is 0 Å². The first kappa shape index (κ1) is 56.2. The van der Waals surface area contributed by atoms with Crippen molar-refractivity contribution in [1.82, 2.24) is 0 Å². The molecule has 13 nitrogen and oxygen atoms in total. The molecule has 0 fully saturated rings. The zero-order valence-electron chi connectivity index (χ0n) is 31.3. The first-order chi connectivity index (χ1) is 24.8. The van der Waals surface area contributed by atoms with E-state index >= 15 is 0 Å². The lowest BCUT2D eigenvalue weighted by Gasteiger charge is -2.18. The van der Waals surface area contributed by atoms with Crippen LogP contribution in [0.3, 0.4) is 0 Å². The summed E-state index contributed by atoms with van der Waals surface area (Å²) in [7, 11) is 0. The van der Waals surface area contributed by atoms with Crippen LogP contribution in [0.1, 0.15) is 126 Å². The van der Waals surface area contributed by atoms with Gasteiger partial charge < -0.3 is 33.9 Å². The summed E-state index contributed by atoms with van der Waals surface area (Å²) in [6.45, 7) is 15.0. The van der Waals surface area contributed by atoms with Crippen molar-refractivity contribution in [3.05, 3.63) is 61.3 Å². The highest BCUT2D eigenvalue weighted by Gasteiger charge is 2.17. The molecule has 0 radical (unpaired) electrons. The minimum absolute atomic E-state index is 0. The third-order valence-electron chi connectivity index (χ3n) is 6.71. The number of aliphatic hydroxyl groups excluding tert-OH is 1. The van der Waals surface area contributed by atoms with Crippen LogP contribution in [-0.4, -0.2) is 84.7 Å². The zero-order valence-corrected chi connectivity index (χ0v) is 31.3. The molecule has 2 rings (SSSR count). The minimum atomic E-state index is -0.961. The molecule has 2 N–H and O–H groups in total. The van der Waals surface area contributed by atoms with Crippen LogP contribution in [0.25, 0.3) is 0 Å². The summed E-state index contributed by atoms with van der Waals surface area (Å²) in [6, 6.07) is 0. The number of carbonyl (C=O) groups excluding carboxylic acids is 5. The fourth-order valence-electron chi connectivity index (χ4n) is 4.14. The smallest absolute Gasteiger partial charge is 0.333 e. The number of rotatable bonds is 15.